The van der Waals surface area contributed by atoms with Crippen molar-refractivity contribution in [3.05, 3.63) is 41.8 Å². The highest BCUT2D eigenvalue weighted by Gasteiger charge is 2.31. The van der Waals surface area contributed by atoms with Crippen LogP contribution in [0, 0.1) is 0 Å². The number of nitrogens with zero attached hydrogens (tertiary/aromatic N) is 4. The van der Waals surface area contributed by atoms with Crippen LogP contribution in [0.5, 0.6) is 0 Å². The Balaban J connectivity index is 1.70. The SMILES string of the molecule is CCS(=O)(=O)N1CCCC(c2nc(Cc3ccncc3)no2)C1. The lowest BCUT2D eigenvalue weighted by Crippen LogP contribution is -2.39. The molecule has 0 bridgehead atoms. The number of hydrogen-bond acceptors (Lipinski definition) is 6. The maximum atomic E-state index is 12.0. The van der Waals surface area contributed by atoms with Crippen LogP contribution in [0.1, 0.15) is 43.0 Å². The fourth-order valence-electron chi connectivity index (χ4n) is 2.77. The van der Waals surface area contributed by atoms with Gasteiger partial charge in [-0.2, -0.15) is 4.98 Å². The van der Waals surface area contributed by atoms with Gasteiger partial charge < -0.3 is 4.52 Å². The van der Waals surface area contributed by atoms with Crippen molar-refractivity contribution in [1.29, 1.82) is 0 Å². The van der Waals surface area contributed by atoms with E-state index in [2.05, 4.69) is 15.1 Å². The Bertz CT molecular complexity index is 745. The summed E-state index contributed by atoms with van der Waals surface area (Å²) < 4.78 is 31.0. The fraction of sp³-hybridized carbons (Fsp3) is 0.533. The molecule has 0 aromatic carbocycles. The number of aromatic nitrogens is 3. The van der Waals surface area contributed by atoms with Gasteiger partial charge in [0, 0.05) is 31.9 Å². The van der Waals surface area contributed by atoms with Crippen molar-refractivity contribution in [2.24, 2.45) is 0 Å². The first-order chi connectivity index (χ1) is 11.1. The van der Waals surface area contributed by atoms with Crippen LogP contribution in [-0.2, 0) is 16.4 Å². The quantitative estimate of drug-likeness (QED) is 0.823. The molecule has 0 N–H and O–H groups in total. The van der Waals surface area contributed by atoms with Gasteiger partial charge in [-0.15, -0.1) is 0 Å². The predicted molar refractivity (Wildman–Crippen MR) is 84.3 cm³/mol. The molecule has 3 heterocycles. The highest BCUT2D eigenvalue weighted by atomic mass is 32.2. The molecule has 0 saturated carbocycles. The molecule has 0 aliphatic carbocycles. The Kier molecular flexibility index (Phi) is 4.72. The first-order valence-corrected chi connectivity index (χ1v) is 9.38. The van der Waals surface area contributed by atoms with E-state index >= 15 is 0 Å². The Morgan fingerprint density at radius 1 is 1.35 bits per heavy atom. The van der Waals surface area contributed by atoms with Crippen molar-refractivity contribution in [2.45, 2.75) is 32.1 Å². The summed E-state index contributed by atoms with van der Waals surface area (Å²) in [4.78, 5) is 8.43. The van der Waals surface area contributed by atoms with E-state index in [1.54, 1.807) is 19.3 Å². The van der Waals surface area contributed by atoms with E-state index in [4.69, 9.17) is 4.52 Å². The molecule has 8 heteroatoms. The van der Waals surface area contributed by atoms with Crippen molar-refractivity contribution in [3.8, 4) is 0 Å². The molecule has 0 spiro atoms. The van der Waals surface area contributed by atoms with Crippen molar-refractivity contribution < 1.29 is 12.9 Å². The zero-order chi connectivity index (χ0) is 16.3. The lowest BCUT2D eigenvalue weighted by Gasteiger charge is -2.29. The lowest BCUT2D eigenvalue weighted by atomic mass is 10.00. The van der Waals surface area contributed by atoms with Crippen molar-refractivity contribution in [1.82, 2.24) is 19.4 Å². The molecule has 1 aliphatic rings. The third-order valence-electron chi connectivity index (χ3n) is 4.09. The van der Waals surface area contributed by atoms with E-state index in [1.165, 1.54) is 4.31 Å². The molecule has 0 radical (unpaired) electrons. The van der Waals surface area contributed by atoms with Crippen molar-refractivity contribution in [2.75, 3.05) is 18.8 Å². The minimum atomic E-state index is -3.17. The van der Waals surface area contributed by atoms with Crippen LogP contribution < -0.4 is 0 Å². The Morgan fingerprint density at radius 3 is 2.87 bits per heavy atom. The van der Waals surface area contributed by atoms with Crippen molar-refractivity contribution in [3.63, 3.8) is 0 Å². The molecular weight excluding hydrogens is 316 g/mol. The van der Waals surface area contributed by atoms with Gasteiger partial charge in [-0.1, -0.05) is 5.16 Å². The number of piperidine rings is 1. The molecule has 1 fully saturated rings. The van der Waals surface area contributed by atoms with Gasteiger partial charge in [-0.25, -0.2) is 12.7 Å². The molecule has 124 valence electrons. The topological polar surface area (TPSA) is 89.2 Å². The zero-order valence-electron chi connectivity index (χ0n) is 13.1. The fourth-order valence-corrected chi connectivity index (χ4v) is 3.95. The standard InChI is InChI=1S/C15H20N4O3S/c1-2-23(20,21)19-9-3-4-13(11-19)15-17-14(18-22-15)10-12-5-7-16-8-6-12/h5-8,13H,2-4,9-11H2,1H3. The van der Waals surface area contributed by atoms with Gasteiger partial charge in [-0.05, 0) is 37.5 Å². The van der Waals surface area contributed by atoms with Gasteiger partial charge in [0.05, 0.1) is 11.7 Å². The average Bonchev–Trinajstić information content (AvgIpc) is 3.04. The van der Waals surface area contributed by atoms with Gasteiger partial charge in [0.15, 0.2) is 5.82 Å². The summed E-state index contributed by atoms with van der Waals surface area (Å²) in [7, 11) is -3.17. The van der Waals surface area contributed by atoms with Crippen molar-refractivity contribution >= 4 is 10.0 Å². The van der Waals surface area contributed by atoms with Gasteiger partial charge >= 0.3 is 0 Å². The molecule has 1 saturated heterocycles. The van der Waals surface area contributed by atoms with E-state index in [9.17, 15) is 8.42 Å². The van der Waals surface area contributed by atoms with E-state index in [0.717, 1.165) is 18.4 Å². The predicted octanol–water partition coefficient (Wildman–Crippen LogP) is 1.58. The number of pyridine rings is 1. The van der Waals surface area contributed by atoms with Crippen LogP contribution in [0.3, 0.4) is 0 Å². The first-order valence-electron chi connectivity index (χ1n) is 7.77. The van der Waals surface area contributed by atoms with Crippen LogP contribution in [0.15, 0.2) is 29.0 Å². The van der Waals surface area contributed by atoms with Gasteiger partial charge in [-0.3, -0.25) is 4.98 Å². The van der Waals surface area contributed by atoms with E-state index < -0.39 is 10.0 Å². The van der Waals surface area contributed by atoms with E-state index in [1.807, 2.05) is 12.1 Å². The Labute approximate surface area is 135 Å². The van der Waals surface area contributed by atoms with Crippen LogP contribution >= 0.6 is 0 Å². The summed E-state index contributed by atoms with van der Waals surface area (Å²) in [6, 6.07) is 3.82. The van der Waals surface area contributed by atoms with Gasteiger partial charge in [0.25, 0.3) is 0 Å². The molecule has 7 nitrogen and oxygen atoms in total. The number of rotatable bonds is 5. The largest absolute Gasteiger partial charge is 0.339 e. The van der Waals surface area contributed by atoms with Crippen LogP contribution in [0.2, 0.25) is 0 Å². The second-order valence-corrected chi connectivity index (χ2v) is 7.94. The lowest BCUT2D eigenvalue weighted by molar-refractivity contribution is 0.265. The van der Waals surface area contributed by atoms with Gasteiger partial charge in [0.1, 0.15) is 0 Å². The third-order valence-corrected chi connectivity index (χ3v) is 5.93. The van der Waals surface area contributed by atoms with Crippen LogP contribution in [0.4, 0.5) is 0 Å². The number of sulfonamides is 1. The summed E-state index contributed by atoms with van der Waals surface area (Å²) in [5, 5.41) is 4.02. The van der Waals surface area contributed by atoms with E-state index in [0.29, 0.717) is 31.2 Å². The highest BCUT2D eigenvalue weighted by Crippen LogP contribution is 2.27. The van der Waals surface area contributed by atoms with E-state index in [-0.39, 0.29) is 11.7 Å². The van der Waals surface area contributed by atoms with Crippen LogP contribution in [-0.4, -0.2) is 46.7 Å². The molecule has 1 atom stereocenters. The molecule has 2 aromatic heterocycles. The highest BCUT2D eigenvalue weighted by molar-refractivity contribution is 7.89. The molecule has 2 aromatic rings. The second-order valence-electron chi connectivity index (χ2n) is 5.68. The molecule has 23 heavy (non-hydrogen) atoms. The Morgan fingerprint density at radius 2 is 2.13 bits per heavy atom. The Hall–Kier alpha value is -1.80. The zero-order valence-corrected chi connectivity index (χ0v) is 13.9. The summed E-state index contributed by atoms with van der Waals surface area (Å²) in [5.41, 5.74) is 1.06. The third kappa shape index (κ3) is 3.76. The summed E-state index contributed by atoms with van der Waals surface area (Å²) in [5.74, 6) is 1.24. The van der Waals surface area contributed by atoms with Crippen LogP contribution in [0.25, 0.3) is 0 Å². The average molecular weight is 336 g/mol. The maximum Gasteiger partial charge on any atom is 0.231 e. The molecule has 1 aliphatic heterocycles. The molecule has 3 rings (SSSR count). The first kappa shape index (κ1) is 16.1. The number of hydrogen-bond donors (Lipinski definition) is 0. The minimum Gasteiger partial charge on any atom is -0.339 e. The summed E-state index contributed by atoms with van der Waals surface area (Å²) in [6.45, 7) is 2.66. The smallest absolute Gasteiger partial charge is 0.231 e. The minimum absolute atomic E-state index is 0.0243. The monoisotopic (exact) mass is 336 g/mol. The second kappa shape index (κ2) is 6.76. The maximum absolute atomic E-state index is 12.0. The summed E-state index contributed by atoms with van der Waals surface area (Å²) >= 11 is 0. The van der Waals surface area contributed by atoms with Gasteiger partial charge in [0.2, 0.25) is 15.9 Å². The normalized spacial score (nSPS) is 19.8. The molecular formula is C15H20N4O3S. The molecule has 1 unspecified atom stereocenters. The summed E-state index contributed by atoms with van der Waals surface area (Å²) in [6.07, 6.45) is 5.71. The molecule has 0 amide bonds.